The number of rotatable bonds is 3. The second kappa shape index (κ2) is 4.57. The van der Waals surface area contributed by atoms with Crippen LogP contribution in [0.2, 0.25) is 0 Å². The molecule has 1 atom stereocenters. The first-order valence-corrected chi connectivity index (χ1v) is 6.23. The molecule has 0 aromatic carbocycles. The number of halogens is 1. The van der Waals surface area contributed by atoms with E-state index in [4.69, 9.17) is 4.74 Å². The highest BCUT2D eigenvalue weighted by Crippen LogP contribution is 2.33. The van der Waals surface area contributed by atoms with Crippen molar-refractivity contribution in [3.63, 3.8) is 0 Å². The Hall–Kier alpha value is -0.490. The van der Waals surface area contributed by atoms with Crippen LogP contribution in [0.5, 0.6) is 0 Å². The molecule has 1 aromatic rings. The van der Waals surface area contributed by atoms with Gasteiger partial charge in [0.1, 0.15) is 0 Å². The fourth-order valence-corrected chi connectivity index (χ4v) is 2.57. The lowest BCUT2D eigenvalue weighted by atomic mass is 9.81. The highest BCUT2D eigenvalue weighted by atomic mass is 79.9. The fraction of sp³-hybridized carbons (Fsp3) is 0.889. The van der Waals surface area contributed by atoms with Crippen LogP contribution in [0, 0.1) is 5.41 Å². The van der Waals surface area contributed by atoms with Gasteiger partial charge in [-0.15, -0.1) is 10.2 Å². The lowest BCUT2D eigenvalue weighted by molar-refractivity contribution is 0.00514. The van der Waals surface area contributed by atoms with E-state index in [1.807, 2.05) is 0 Å². The van der Waals surface area contributed by atoms with Gasteiger partial charge in [-0.25, -0.2) is 0 Å². The lowest BCUT2D eigenvalue weighted by Gasteiger charge is -2.34. The van der Waals surface area contributed by atoms with E-state index < -0.39 is 0 Å². The van der Waals surface area contributed by atoms with Crippen molar-refractivity contribution in [2.45, 2.75) is 19.3 Å². The van der Waals surface area contributed by atoms with Gasteiger partial charge < -0.3 is 4.74 Å². The van der Waals surface area contributed by atoms with Gasteiger partial charge in [-0.05, 0) is 18.1 Å². The van der Waals surface area contributed by atoms with Gasteiger partial charge in [-0.2, -0.15) is 4.80 Å². The maximum Gasteiger partial charge on any atom is 0.175 e. The van der Waals surface area contributed by atoms with Crippen LogP contribution in [-0.4, -0.2) is 38.8 Å². The number of alkyl halides is 1. The number of hydrogen-bond donors (Lipinski definition) is 0. The topological polar surface area (TPSA) is 52.8 Å². The molecule has 0 bridgehead atoms. The number of aromatic nitrogens is 4. The van der Waals surface area contributed by atoms with Gasteiger partial charge in [0, 0.05) is 23.8 Å². The molecule has 15 heavy (non-hydrogen) atoms. The van der Waals surface area contributed by atoms with E-state index in [0.29, 0.717) is 0 Å². The highest BCUT2D eigenvalue weighted by Gasteiger charge is 2.33. The van der Waals surface area contributed by atoms with Crippen LogP contribution in [0.3, 0.4) is 0 Å². The number of tetrazole rings is 1. The molecule has 0 saturated carbocycles. The Morgan fingerprint density at radius 1 is 1.60 bits per heavy atom. The fourth-order valence-electron chi connectivity index (χ4n) is 1.93. The van der Waals surface area contributed by atoms with Gasteiger partial charge >= 0.3 is 0 Å². The van der Waals surface area contributed by atoms with E-state index in [0.717, 1.165) is 43.6 Å². The van der Waals surface area contributed by atoms with E-state index in [-0.39, 0.29) is 5.41 Å². The molecule has 84 valence electrons. The first kappa shape index (κ1) is 11.0. The standard InChI is InChI=1S/C9H15BrN4O/c1-14-12-8(11-13-14)5-9(6-10)3-2-4-15-7-9/h2-7H2,1H3. The summed E-state index contributed by atoms with van der Waals surface area (Å²) >= 11 is 3.57. The molecule has 1 unspecified atom stereocenters. The Labute approximate surface area is 97.3 Å². The summed E-state index contributed by atoms with van der Waals surface area (Å²) in [6.45, 7) is 1.67. The van der Waals surface area contributed by atoms with Crippen molar-refractivity contribution in [2.75, 3.05) is 18.5 Å². The molecular weight excluding hydrogens is 260 g/mol. The minimum atomic E-state index is 0.154. The van der Waals surface area contributed by atoms with Crippen molar-refractivity contribution < 1.29 is 4.74 Å². The highest BCUT2D eigenvalue weighted by molar-refractivity contribution is 9.09. The molecule has 0 radical (unpaired) electrons. The second-order valence-electron chi connectivity index (χ2n) is 4.16. The maximum atomic E-state index is 5.54. The molecule has 1 aliphatic heterocycles. The second-order valence-corrected chi connectivity index (χ2v) is 4.72. The monoisotopic (exact) mass is 274 g/mol. The van der Waals surface area contributed by atoms with E-state index in [1.165, 1.54) is 4.80 Å². The summed E-state index contributed by atoms with van der Waals surface area (Å²) in [6, 6.07) is 0. The third-order valence-electron chi connectivity index (χ3n) is 2.77. The van der Waals surface area contributed by atoms with Gasteiger partial charge in [0.05, 0.1) is 13.7 Å². The van der Waals surface area contributed by atoms with Crippen molar-refractivity contribution in [3.8, 4) is 0 Å². The van der Waals surface area contributed by atoms with Crippen LogP contribution in [0.4, 0.5) is 0 Å². The minimum absolute atomic E-state index is 0.154. The summed E-state index contributed by atoms with van der Waals surface area (Å²) in [5.41, 5.74) is 0.154. The van der Waals surface area contributed by atoms with E-state index >= 15 is 0 Å². The van der Waals surface area contributed by atoms with Crippen LogP contribution in [0.15, 0.2) is 0 Å². The van der Waals surface area contributed by atoms with Crippen LogP contribution >= 0.6 is 15.9 Å². The molecule has 0 aliphatic carbocycles. The number of hydrogen-bond acceptors (Lipinski definition) is 4. The summed E-state index contributed by atoms with van der Waals surface area (Å²) in [5, 5.41) is 13.0. The molecule has 1 aliphatic rings. The van der Waals surface area contributed by atoms with Gasteiger partial charge in [-0.3, -0.25) is 0 Å². The molecule has 0 N–H and O–H groups in total. The smallest absolute Gasteiger partial charge is 0.175 e. The number of ether oxygens (including phenoxy) is 1. The summed E-state index contributed by atoms with van der Waals surface area (Å²) in [5.74, 6) is 0.808. The van der Waals surface area contributed by atoms with Gasteiger partial charge in [-0.1, -0.05) is 15.9 Å². The summed E-state index contributed by atoms with van der Waals surface area (Å²) in [6.07, 6.45) is 3.12. The molecule has 0 spiro atoms. The zero-order valence-electron chi connectivity index (χ0n) is 8.82. The molecule has 1 saturated heterocycles. The Balaban J connectivity index is 2.06. The SMILES string of the molecule is Cn1nnc(CC2(CBr)CCCOC2)n1. The molecule has 0 amide bonds. The Morgan fingerprint density at radius 3 is 3.00 bits per heavy atom. The Morgan fingerprint density at radius 2 is 2.47 bits per heavy atom. The largest absolute Gasteiger partial charge is 0.381 e. The average Bonchev–Trinajstić information content (AvgIpc) is 2.65. The van der Waals surface area contributed by atoms with Gasteiger partial charge in [0.2, 0.25) is 0 Å². The van der Waals surface area contributed by atoms with E-state index in [9.17, 15) is 0 Å². The molecular formula is C9H15BrN4O. The minimum Gasteiger partial charge on any atom is -0.381 e. The summed E-state index contributed by atoms with van der Waals surface area (Å²) < 4.78 is 5.54. The van der Waals surface area contributed by atoms with E-state index in [2.05, 4.69) is 31.3 Å². The summed E-state index contributed by atoms with van der Waals surface area (Å²) in [7, 11) is 1.79. The van der Waals surface area contributed by atoms with Crippen molar-refractivity contribution >= 4 is 15.9 Å². The normalized spacial score (nSPS) is 26.8. The molecule has 6 heteroatoms. The van der Waals surface area contributed by atoms with Crippen LogP contribution in [0.1, 0.15) is 18.7 Å². The quantitative estimate of drug-likeness (QED) is 0.770. The first-order valence-electron chi connectivity index (χ1n) is 5.11. The van der Waals surface area contributed by atoms with Crippen LogP contribution in [0.25, 0.3) is 0 Å². The Bertz CT molecular complexity index is 322. The zero-order valence-corrected chi connectivity index (χ0v) is 10.4. The maximum absolute atomic E-state index is 5.54. The Kier molecular flexibility index (Phi) is 3.35. The average molecular weight is 275 g/mol. The van der Waals surface area contributed by atoms with E-state index in [1.54, 1.807) is 7.05 Å². The van der Waals surface area contributed by atoms with Crippen molar-refractivity contribution in [3.05, 3.63) is 5.82 Å². The van der Waals surface area contributed by atoms with Crippen molar-refractivity contribution in [2.24, 2.45) is 12.5 Å². The predicted octanol–water partition coefficient (Wildman–Crippen LogP) is 0.944. The zero-order chi connectivity index (χ0) is 10.7. The predicted molar refractivity (Wildman–Crippen MR) is 58.8 cm³/mol. The van der Waals surface area contributed by atoms with Gasteiger partial charge in [0.25, 0.3) is 0 Å². The molecule has 1 fully saturated rings. The molecule has 2 rings (SSSR count). The molecule has 2 heterocycles. The van der Waals surface area contributed by atoms with Crippen molar-refractivity contribution in [1.82, 2.24) is 20.2 Å². The van der Waals surface area contributed by atoms with Crippen LogP contribution in [-0.2, 0) is 18.2 Å². The first-order chi connectivity index (χ1) is 7.24. The lowest BCUT2D eigenvalue weighted by Crippen LogP contribution is -2.35. The molecule has 5 nitrogen and oxygen atoms in total. The number of aryl methyl sites for hydroxylation is 1. The third kappa shape index (κ3) is 2.55. The number of nitrogens with zero attached hydrogens (tertiary/aromatic N) is 4. The van der Waals surface area contributed by atoms with Crippen molar-refractivity contribution in [1.29, 1.82) is 0 Å². The molecule has 1 aromatic heterocycles. The third-order valence-corrected chi connectivity index (χ3v) is 3.96. The summed E-state index contributed by atoms with van der Waals surface area (Å²) in [4.78, 5) is 1.50. The van der Waals surface area contributed by atoms with Gasteiger partial charge in [0.15, 0.2) is 5.82 Å². The van der Waals surface area contributed by atoms with Crippen LogP contribution < -0.4 is 0 Å².